The molecule has 2 bridgehead atoms. The third-order valence-corrected chi connectivity index (χ3v) is 10.5. The highest BCUT2D eigenvalue weighted by Crippen LogP contribution is 2.53. The maximum atomic E-state index is 12.1. The summed E-state index contributed by atoms with van der Waals surface area (Å²) in [6.07, 6.45) is 2.72. The van der Waals surface area contributed by atoms with E-state index in [0.717, 1.165) is 46.5 Å². The summed E-state index contributed by atoms with van der Waals surface area (Å²) in [5.74, 6) is -1.15. The first-order valence-electron chi connectivity index (χ1n) is 17.3. The number of carbonyl (C=O) groups is 2. The fourth-order valence-electron chi connectivity index (χ4n) is 8.58. The van der Waals surface area contributed by atoms with Gasteiger partial charge >= 0.3 is 5.97 Å². The molecular weight excluding hydrogens is 604 g/mol. The van der Waals surface area contributed by atoms with Crippen LogP contribution in [0.2, 0.25) is 0 Å². The highest BCUT2D eigenvalue weighted by Gasteiger charge is 2.51. The number of aliphatic hydroxyl groups is 1. The van der Waals surface area contributed by atoms with E-state index in [0.29, 0.717) is 23.4 Å². The number of aliphatic hydroxyl groups excluding tert-OH is 1. The minimum atomic E-state index is -0.985. The SMILES string of the molecule is CC1C(CN2CC3(C)CC2CC(C)(C)C3)OC(c2cccc(-c3cccc(CNC(=O)CCC(=O)O)c3)c2)OC1c1ccc(CO)cc1. The first-order valence-corrected chi connectivity index (χ1v) is 17.3. The molecule has 0 spiro atoms. The van der Waals surface area contributed by atoms with Crippen molar-refractivity contribution in [1.82, 2.24) is 10.2 Å². The lowest BCUT2D eigenvalue weighted by Crippen LogP contribution is -2.46. The molecule has 3 aliphatic rings. The lowest BCUT2D eigenvalue weighted by molar-refractivity contribution is -0.276. The van der Waals surface area contributed by atoms with Gasteiger partial charge in [0.1, 0.15) is 0 Å². The van der Waals surface area contributed by atoms with Crippen LogP contribution in [0.4, 0.5) is 0 Å². The summed E-state index contributed by atoms with van der Waals surface area (Å²) < 4.78 is 13.7. The van der Waals surface area contributed by atoms with E-state index in [9.17, 15) is 14.7 Å². The maximum Gasteiger partial charge on any atom is 0.303 e. The average Bonchev–Trinajstić information content (AvgIpc) is 3.30. The van der Waals surface area contributed by atoms with Gasteiger partial charge in [0, 0.05) is 43.6 Å². The predicted octanol–water partition coefficient (Wildman–Crippen LogP) is 7.02. The van der Waals surface area contributed by atoms with E-state index in [4.69, 9.17) is 14.6 Å². The molecule has 2 saturated heterocycles. The van der Waals surface area contributed by atoms with Crippen molar-refractivity contribution in [2.24, 2.45) is 16.7 Å². The summed E-state index contributed by atoms with van der Waals surface area (Å²) in [7, 11) is 0. The number of likely N-dealkylation sites (tertiary alicyclic amines) is 1. The van der Waals surface area contributed by atoms with Crippen LogP contribution in [0.3, 0.4) is 0 Å². The van der Waals surface area contributed by atoms with Crippen LogP contribution in [0.1, 0.15) is 94.4 Å². The molecule has 6 unspecified atom stereocenters. The Labute approximate surface area is 284 Å². The molecule has 1 saturated carbocycles. The third-order valence-electron chi connectivity index (χ3n) is 10.5. The van der Waals surface area contributed by atoms with E-state index in [1.165, 1.54) is 19.3 Å². The van der Waals surface area contributed by atoms with Crippen molar-refractivity contribution in [3.05, 3.63) is 95.1 Å². The number of ether oxygens (including phenoxy) is 2. The van der Waals surface area contributed by atoms with Crippen LogP contribution in [-0.2, 0) is 32.2 Å². The van der Waals surface area contributed by atoms with Gasteiger partial charge in [0.05, 0.1) is 25.2 Å². The Balaban J connectivity index is 1.23. The molecule has 1 amide bonds. The van der Waals surface area contributed by atoms with Crippen LogP contribution < -0.4 is 5.32 Å². The zero-order valence-electron chi connectivity index (χ0n) is 28.7. The number of hydrogen-bond acceptors (Lipinski definition) is 6. The smallest absolute Gasteiger partial charge is 0.303 e. The molecule has 6 rings (SSSR count). The molecule has 3 aromatic carbocycles. The number of carboxylic acid groups (broad SMARTS) is 1. The van der Waals surface area contributed by atoms with Crippen molar-refractivity contribution < 1.29 is 29.3 Å². The number of amides is 1. The Hall–Kier alpha value is -3.56. The highest BCUT2D eigenvalue weighted by molar-refractivity contribution is 5.80. The molecule has 2 heterocycles. The minimum absolute atomic E-state index is 0.00622. The Kier molecular flexibility index (Phi) is 10.1. The van der Waals surface area contributed by atoms with Gasteiger partial charge in [-0.1, -0.05) is 88.4 Å². The average molecular weight is 655 g/mol. The van der Waals surface area contributed by atoms with Crippen LogP contribution in [-0.4, -0.2) is 52.2 Å². The van der Waals surface area contributed by atoms with Gasteiger partial charge in [-0.3, -0.25) is 14.5 Å². The van der Waals surface area contributed by atoms with Crippen molar-refractivity contribution in [2.45, 2.75) is 97.5 Å². The zero-order valence-corrected chi connectivity index (χ0v) is 28.7. The van der Waals surface area contributed by atoms with Gasteiger partial charge < -0.3 is 25.0 Å². The van der Waals surface area contributed by atoms with Crippen LogP contribution in [0.5, 0.6) is 0 Å². The summed E-state index contributed by atoms with van der Waals surface area (Å²) in [6, 6.07) is 24.9. The standard InChI is InChI=1S/C40H50N2O6/c1-26-34(22-42-25-40(4)20-33(42)19-39(2,3)24-40)47-38(48-37(26)29-13-11-27(23-43)12-14-29)32-10-6-9-31(18-32)30-8-5-7-28(17-30)21-41-35(44)15-16-36(45)46/h5-14,17-18,26,33-34,37-38,43H,15-16,19-25H2,1-4H3,(H,41,44)(H,45,46). The van der Waals surface area contributed by atoms with Crippen LogP contribution in [0.15, 0.2) is 72.8 Å². The molecule has 8 nitrogen and oxygen atoms in total. The lowest BCUT2D eigenvalue weighted by Gasteiger charge is -2.43. The van der Waals surface area contributed by atoms with E-state index in [1.54, 1.807) is 0 Å². The summed E-state index contributed by atoms with van der Waals surface area (Å²) in [5, 5.41) is 21.3. The van der Waals surface area contributed by atoms with Crippen molar-refractivity contribution >= 4 is 11.9 Å². The fraction of sp³-hybridized carbons (Fsp3) is 0.500. The van der Waals surface area contributed by atoms with Crippen molar-refractivity contribution in [2.75, 3.05) is 13.1 Å². The molecule has 8 heteroatoms. The van der Waals surface area contributed by atoms with Gasteiger partial charge in [-0.2, -0.15) is 0 Å². The van der Waals surface area contributed by atoms with Gasteiger partial charge in [-0.05, 0) is 70.0 Å². The molecule has 0 aromatic heterocycles. The van der Waals surface area contributed by atoms with Crippen molar-refractivity contribution in [3.8, 4) is 11.1 Å². The highest BCUT2D eigenvalue weighted by atomic mass is 16.7. The first-order chi connectivity index (χ1) is 22.9. The predicted molar refractivity (Wildman–Crippen MR) is 185 cm³/mol. The molecule has 6 atom stereocenters. The quantitative estimate of drug-likeness (QED) is 0.204. The normalized spacial score (nSPS) is 28.2. The Morgan fingerprint density at radius 1 is 0.896 bits per heavy atom. The number of benzene rings is 3. The zero-order chi connectivity index (χ0) is 34.1. The summed E-state index contributed by atoms with van der Waals surface area (Å²) >= 11 is 0. The van der Waals surface area contributed by atoms with Gasteiger partial charge in [-0.25, -0.2) is 0 Å². The van der Waals surface area contributed by atoms with Crippen LogP contribution >= 0.6 is 0 Å². The molecule has 48 heavy (non-hydrogen) atoms. The molecule has 3 N–H and O–H groups in total. The summed E-state index contributed by atoms with van der Waals surface area (Å²) in [4.78, 5) is 25.6. The second kappa shape index (κ2) is 14.1. The van der Waals surface area contributed by atoms with E-state index in [2.05, 4.69) is 68.2 Å². The minimum Gasteiger partial charge on any atom is -0.481 e. The van der Waals surface area contributed by atoms with E-state index in [-0.39, 0.29) is 43.5 Å². The molecule has 2 aliphatic heterocycles. The molecule has 256 valence electrons. The first kappa shape index (κ1) is 34.3. The van der Waals surface area contributed by atoms with E-state index < -0.39 is 12.3 Å². The third kappa shape index (κ3) is 8.00. The summed E-state index contributed by atoms with van der Waals surface area (Å²) in [5.41, 5.74) is 6.54. The Morgan fingerprint density at radius 3 is 2.35 bits per heavy atom. The molecule has 3 fully saturated rings. The largest absolute Gasteiger partial charge is 0.481 e. The van der Waals surface area contributed by atoms with Gasteiger partial charge in [0.25, 0.3) is 0 Å². The van der Waals surface area contributed by atoms with Crippen molar-refractivity contribution in [1.29, 1.82) is 0 Å². The number of carboxylic acids is 1. The fourth-order valence-corrected chi connectivity index (χ4v) is 8.58. The van der Waals surface area contributed by atoms with E-state index in [1.807, 2.05) is 42.5 Å². The van der Waals surface area contributed by atoms with Crippen molar-refractivity contribution in [3.63, 3.8) is 0 Å². The number of rotatable bonds is 11. The Morgan fingerprint density at radius 2 is 1.62 bits per heavy atom. The molecule has 1 aliphatic carbocycles. The summed E-state index contributed by atoms with van der Waals surface area (Å²) in [6.45, 7) is 11.8. The molecule has 3 aromatic rings. The van der Waals surface area contributed by atoms with Crippen LogP contribution in [0, 0.1) is 16.7 Å². The number of fused-ring (bicyclic) bond motifs is 2. The van der Waals surface area contributed by atoms with Gasteiger partial charge in [-0.15, -0.1) is 0 Å². The Bertz CT molecular complexity index is 1610. The van der Waals surface area contributed by atoms with Gasteiger partial charge in [0.2, 0.25) is 5.91 Å². The second-order valence-electron chi connectivity index (χ2n) is 15.5. The molecular formula is C40H50N2O6. The number of aliphatic carboxylic acids is 1. The number of carbonyl (C=O) groups excluding carboxylic acids is 1. The van der Waals surface area contributed by atoms with E-state index >= 15 is 0 Å². The topological polar surface area (TPSA) is 108 Å². The lowest BCUT2D eigenvalue weighted by atomic mass is 9.65. The van der Waals surface area contributed by atoms with Crippen LogP contribution in [0.25, 0.3) is 11.1 Å². The van der Waals surface area contributed by atoms with Gasteiger partial charge in [0.15, 0.2) is 6.29 Å². The number of nitrogens with zero attached hydrogens (tertiary/aromatic N) is 1. The maximum absolute atomic E-state index is 12.1. The number of hydrogen-bond donors (Lipinski definition) is 3. The second-order valence-corrected chi connectivity index (χ2v) is 15.5. The monoisotopic (exact) mass is 654 g/mol. The number of nitrogens with one attached hydrogen (secondary N) is 1. The molecule has 0 radical (unpaired) electrons.